The van der Waals surface area contributed by atoms with Gasteiger partial charge in [-0.2, -0.15) is 4.99 Å². The molecule has 0 aromatic heterocycles. The second-order valence-electron chi connectivity index (χ2n) is 3.06. The van der Waals surface area contributed by atoms with Crippen LogP contribution in [0.25, 0.3) is 0 Å². The van der Waals surface area contributed by atoms with Crippen LogP contribution >= 0.6 is 0 Å². The maximum atomic E-state index is 9.96. The molecule has 1 unspecified atom stereocenters. The first-order valence-corrected chi connectivity index (χ1v) is 4.60. The Labute approximate surface area is 88.5 Å². The van der Waals surface area contributed by atoms with Crippen molar-refractivity contribution in [1.29, 1.82) is 0 Å². The molecular formula is C11H13NO3. The van der Waals surface area contributed by atoms with Gasteiger partial charge in [-0.1, -0.05) is 6.07 Å². The maximum absolute atomic E-state index is 9.96. The molecule has 1 rings (SSSR count). The summed E-state index contributed by atoms with van der Waals surface area (Å²) in [7, 11) is 1.60. The van der Waals surface area contributed by atoms with Crippen molar-refractivity contribution in [2.24, 2.45) is 4.99 Å². The topological polar surface area (TPSA) is 47.9 Å². The number of rotatable bonds is 5. The van der Waals surface area contributed by atoms with Gasteiger partial charge in [-0.15, -0.1) is 0 Å². The monoisotopic (exact) mass is 207 g/mol. The van der Waals surface area contributed by atoms with Gasteiger partial charge in [-0.3, -0.25) is 0 Å². The molecule has 0 aliphatic rings. The average Bonchev–Trinajstić information content (AvgIpc) is 2.27. The van der Waals surface area contributed by atoms with Gasteiger partial charge < -0.3 is 9.47 Å². The van der Waals surface area contributed by atoms with E-state index in [-0.39, 0.29) is 6.04 Å². The zero-order chi connectivity index (χ0) is 11.1. The predicted molar refractivity (Wildman–Crippen MR) is 56.1 cm³/mol. The number of benzene rings is 1. The largest absolute Gasteiger partial charge is 0.497 e. The molecule has 0 aliphatic carbocycles. The van der Waals surface area contributed by atoms with Gasteiger partial charge in [-0.05, 0) is 19.1 Å². The van der Waals surface area contributed by atoms with Gasteiger partial charge in [0.1, 0.15) is 18.1 Å². The minimum absolute atomic E-state index is 0.186. The van der Waals surface area contributed by atoms with E-state index in [1.54, 1.807) is 20.1 Å². The number of carbonyl (C=O) groups excluding carboxylic acids is 1. The molecule has 0 heterocycles. The summed E-state index contributed by atoms with van der Waals surface area (Å²) < 4.78 is 10.5. The van der Waals surface area contributed by atoms with Gasteiger partial charge in [0.15, 0.2) is 0 Å². The van der Waals surface area contributed by atoms with Crippen molar-refractivity contribution in [3.05, 3.63) is 24.3 Å². The van der Waals surface area contributed by atoms with E-state index in [9.17, 15) is 4.79 Å². The summed E-state index contributed by atoms with van der Waals surface area (Å²) >= 11 is 0. The van der Waals surface area contributed by atoms with E-state index in [4.69, 9.17) is 9.47 Å². The summed E-state index contributed by atoms with van der Waals surface area (Å²) in [5.74, 6) is 1.43. The molecule has 15 heavy (non-hydrogen) atoms. The smallest absolute Gasteiger partial charge is 0.235 e. The van der Waals surface area contributed by atoms with E-state index < -0.39 is 0 Å². The number of isocyanates is 1. The molecular weight excluding hydrogens is 194 g/mol. The van der Waals surface area contributed by atoms with Crippen LogP contribution < -0.4 is 9.47 Å². The lowest BCUT2D eigenvalue weighted by Crippen LogP contribution is -2.11. The Morgan fingerprint density at radius 3 is 2.87 bits per heavy atom. The highest BCUT2D eigenvalue weighted by atomic mass is 16.5. The lowest BCUT2D eigenvalue weighted by atomic mass is 10.3. The quantitative estimate of drug-likeness (QED) is 0.546. The summed E-state index contributed by atoms with van der Waals surface area (Å²) in [5.41, 5.74) is 0. The van der Waals surface area contributed by atoms with Gasteiger partial charge in [0.25, 0.3) is 0 Å². The third-order valence-corrected chi connectivity index (χ3v) is 1.81. The zero-order valence-corrected chi connectivity index (χ0v) is 8.77. The van der Waals surface area contributed by atoms with Gasteiger partial charge in [-0.25, -0.2) is 4.79 Å². The molecule has 1 atom stereocenters. The SMILES string of the molecule is COc1cccc(OCC(C)N=C=O)c1. The van der Waals surface area contributed by atoms with Crippen LogP contribution in [0.2, 0.25) is 0 Å². The normalized spacial score (nSPS) is 11.3. The van der Waals surface area contributed by atoms with Crippen LogP contribution in [0.1, 0.15) is 6.92 Å². The highest BCUT2D eigenvalue weighted by molar-refractivity contribution is 5.34. The number of methoxy groups -OCH3 is 1. The Bertz CT molecular complexity index is 359. The molecule has 0 radical (unpaired) electrons. The molecule has 1 aromatic carbocycles. The van der Waals surface area contributed by atoms with Crippen LogP contribution in [0.15, 0.2) is 29.3 Å². The number of nitrogens with zero attached hydrogens (tertiary/aromatic N) is 1. The molecule has 4 nitrogen and oxygen atoms in total. The van der Waals surface area contributed by atoms with E-state index in [1.807, 2.05) is 18.2 Å². The van der Waals surface area contributed by atoms with Crippen molar-refractivity contribution >= 4 is 6.08 Å². The second-order valence-corrected chi connectivity index (χ2v) is 3.06. The van der Waals surface area contributed by atoms with Gasteiger partial charge in [0, 0.05) is 6.07 Å². The van der Waals surface area contributed by atoms with Crippen LogP contribution in [0.4, 0.5) is 0 Å². The lowest BCUT2D eigenvalue weighted by molar-refractivity contribution is 0.294. The second kappa shape index (κ2) is 5.83. The van der Waals surface area contributed by atoms with E-state index in [0.717, 1.165) is 5.75 Å². The first kappa shape index (κ1) is 11.3. The average molecular weight is 207 g/mol. The molecule has 0 amide bonds. The van der Waals surface area contributed by atoms with Crippen molar-refractivity contribution in [3.8, 4) is 11.5 Å². The predicted octanol–water partition coefficient (Wildman–Crippen LogP) is 1.80. The molecule has 4 heteroatoms. The van der Waals surface area contributed by atoms with E-state index in [2.05, 4.69) is 4.99 Å². The molecule has 0 aliphatic heterocycles. The Morgan fingerprint density at radius 1 is 1.47 bits per heavy atom. The third-order valence-electron chi connectivity index (χ3n) is 1.81. The Kier molecular flexibility index (Phi) is 4.38. The number of aliphatic imine (C=N–C) groups is 1. The summed E-state index contributed by atoms with van der Waals surface area (Å²) in [6.45, 7) is 2.13. The first-order chi connectivity index (χ1) is 7.26. The molecule has 0 saturated heterocycles. The molecule has 1 aromatic rings. The fourth-order valence-corrected chi connectivity index (χ4v) is 1.04. The maximum Gasteiger partial charge on any atom is 0.235 e. The number of hydrogen-bond acceptors (Lipinski definition) is 4. The third kappa shape index (κ3) is 3.83. The van der Waals surface area contributed by atoms with Crippen LogP contribution in [0, 0.1) is 0 Å². The molecule has 0 saturated carbocycles. The van der Waals surface area contributed by atoms with Gasteiger partial charge in [0.05, 0.1) is 13.2 Å². The van der Waals surface area contributed by atoms with Crippen LogP contribution in [-0.4, -0.2) is 25.8 Å². The highest BCUT2D eigenvalue weighted by Gasteiger charge is 2.01. The minimum atomic E-state index is -0.186. The van der Waals surface area contributed by atoms with Crippen molar-refractivity contribution < 1.29 is 14.3 Å². The highest BCUT2D eigenvalue weighted by Crippen LogP contribution is 2.18. The molecule has 0 spiro atoms. The standard InChI is InChI=1S/C11H13NO3/c1-9(12-8-13)7-15-11-5-3-4-10(6-11)14-2/h3-6,9H,7H2,1-2H3. The van der Waals surface area contributed by atoms with Gasteiger partial charge >= 0.3 is 0 Å². The van der Waals surface area contributed by atoms with Crippen molar-refractivity contribution in [1.82, 2.24) is 0 Å². The number of hydrogen-bond donors (Lipinski definition) is 0. The molecule has 0 bridgehead atoms. The van der Waals surface area contributed by atoms with E-state index in [1.165, 1.54) is 6.08 Å². The van der Waals surface area contributed by atoms with Gasteiger partial charge in [0.2, 0.25) is 6.08 Å². The molecule has 80 valence electrons. The first-order valence-electron chi connectivity index (χ1n) is 4.60. The minimum Gasteiger partial charge on any atom is -0.497 e. The van der Waals surface area contributed by atoms with Crippen molar-refractivity contribution in [3.63, 3.8) is 0 Å². The van der Waals surface area contributed by atoms with Crippen LogP contribution in [-0.2, 0) is 4.79 Å². The zero-order valence-electron chi connectivity index (χ0n) is 8.77. The van der Waals surface area contributed by atoms with Crippen LogP contribution in [0.3, 0.4) is 0 Å². The Hall–Kier alpha value is -1.80. The van der Waals surface area contributed by atoms with Crippen LogP contribution in [0.5, 0.6) is 11.5 Å². The van der Waals surface area contributed by atoms with E-state index in [0.29, 0.717) is 12.4 Å². The molecule has 0 N–H and O–H groups in total. The molecule has 0 fully saturated rings. The Morgan fingerprint density at radius 2 is 2.20 bits per heavy atom. The summed E-state index contributed by atoms with van der Waals surface area (Å²) in [4.78, 5) is 13.5. The summed E-state index contributed by atoms with van der Waals surface area (Å²) in [6, 6.07) is 7.08. The lowest BCUT2D eigenvalue weighted by Gasteiger charge is -2.08. The van der Waals surface area contributed by atoms with E-state index >= 15 is 0 Å². The van der Waals surface area contributed by atoms with Crippen molar-refractivity contribution in [2.45, 2.75) is 13.0 Å². The van der Waals surface area contributed by atoms with Crippen molar-refractivity contribution in [2.75, 3.05) is 13.7 Å². The summed E-state index contributed by atoms with van der Waals surface area (Å²) in [6.07, 6.45) is 1.50. The fourth-order valence-electron chi connectivity index (χ4n) is 1.04. The summed E-state index contributed by atoms with van der Waals surface area (Å²) in [5, 5.41) is 0. The Balaban J connectivity index is 2.53. The number of ether oxygens (including phenoxy) is 2. The fraction of sp³-hybridized carbons (Fsp3) is 0.364.